The van der Waals surface area contributed by atoms with E-state index in [-0.39, 0.29) is 5.82 Å². The molecular weight excluding hydrogens is 361 g/mol. The largest absolute Gasteiger partial charge is 0.459 e. The summed E-state index contributed by atoms with van der Waals surface area (Å²) in [4.78, 5) is 0. The fourth-order valence-corrected chi connectivity index (χ4v) is 3.37. The van der Waals surface area contributed by atoms with Gasteiger partial charge in [0.25, 0.3) is 0 Å². The van der Waals surface area contributed by atoms with Crippen LogP contribution in [0.15, 0.2) is 71.1 Å². The van der Waals surface area contributed by atoms with Crippen LogP contribution < -0.4 is 5.32 Å². The SMILES string of the molecule is Cc1ccc2oc(CNCc3ccc(F)cc3)c(-c3ccc(Cl)cc3)c2c1. The van der Waals surface area contributed by atoms with E-state index < -0.39 is 0 Å². The van der Waals surface area contributed by atoms with Crippen molar-refractivity contribution in [3.8, 4) is 11.1 Å². The third-order valence-electron chi connectivity index (χ3n) is 4.58. The minimum absolute atomic E-state index is 0.226. The predicted octanol–water partition coefficient (Wildman–Crippen LogP) is 6.49. The first kappa shape index (κ1) is 17.8. The maximum absolute atomic E-state index is 13.0. The van der Waals surface area contributed by atoms with Crippen molar-refractivity contribution in [2.45, 2.75) is 20.0 Å². The Morgan fingerprint density at radius 1 is 0.926 bits per heavy atom. The predicted molar refractivity (Wildman–Crippen MR) is 108 cm³/mol. The molecule has 2 nitrogen and oxygen atoms in total. The standard InChI is InChI=1S/C23H19ClFNO/c1-15-2-11-21-20(12-15)23(17-5-7-18(24)8-6-17)22(27-21)14-26-13-16-3-9-19(25)10-4-16/h2-12,26H,13-14H2,1H3. The Morgan fingerprint density at radius 3 is 2.41 bits per heavy atom. The molecule has 0 bridgehead atoms. The van der Waals surface area contributed by atoms with Gasteiger partial charge in [-0.2, -0.15) is 0 Å². The molecule has 1 aromatic heterocycles. The fourth-order valence-electron chi connectivity index (χ4n) is 3.24. The van der Waals surface area contributed by atoms with Gasteiger partial charge in [-0.1, -0.05) is 47.5 Å². The van der Waals surface area contributed by atoms with Gasteiger partial charge in [-0.15, -0.1) is 0 Å². The number of hydrogen-bond acceptors (Lipinski definition) is 2. The van der Waals surface area contributed by atoms with Gasteiger partial charge in [-0.05, 0) is 54.4 Å². The summed E-state index contributed by atoms with van der Waals surface area (Å²) in [6.45, 7) is 3.28. The number of furan rings is 1. The van der Waals surface area contributed by atoms with E-state index in [0.717, 1.165) is 33.4 Å². The zero-order valence-electron chi connectivity index (χ0n) is 14.9. The Hall–Kier alpha value is -2.62. The summed E-state index contributed by atoms with van der Waals surface area (Å²) in [5.74, 6) is 0.650. The molecule has 0 aliphatic carbocycles. The normalized spacial score (nSPS) is 11.2. The lowest BCUT2D eigenvalue weighted by Crippen LogP contribution is -2.12. The summed E-state index contributed by atoms with van der Waals surface area (Å²) in [6.07, 6.45) is 0. The van der Waals surface area contributed by atoms with Gasteiger partial charge in [0.2, 0.25) is 0 Å². The number of halogens is 2. The molecule has 4 heteroatoms. The highest BCUT2D eigenvalue weighted by Gasteiger charge is 2.16. The zero-order chi connectivity index (χ0) is 18.8. The van der Waals surface area contributed by atoms with E-state index in [4.69, 9.17) is 16.0 Å². The zero-order valence-corrected chi connectivity index (χ0v) is 15.7. The van der Waals surface area contributed by atoms with Gasteiger partial charge in [0, 0.05) is 22.5 Å². The minimum Gasteiger partial charge on any atom is -0.459 e. The van der Waals surface area contributed by atoms with Crippen LogP contribution in [-0.4, -0.2) is 0 Å². The van der Waals surface area contributed by atoms with Gasteiger partial charge in [0.05, 0.1) is 6.54 Å². The van der Waals surface area contributed by atoms with Crippen LogP contribution >= 0.6 is 11.6 Å². The molecule has 27 heavy (non-hydrogen) atoms. The van der Waals surface area contributed by atoms with E-state index in [1.54, 1.807) is 12.1 Å². The van der Waals surface area contributed by atoms with Crippen molar-refractivity contribution >= 4 is 22.6 Å². The molecule has 0 spiro atoms. The van der Waals surface area contributed by atoms with Crippen molar-refractivity contribution in [2.24, 2.45) is 0 Å². The van der Waals surface area contributed by atoms with Gasteiger partial charge in [0.15, 0.2) is 0 Å². The molecule has 4 aromatic rings. The average Bonchev–Trinajstić information content (AvgIpc) is 3.01. The Labute approximate surface area is 162 Å². The van der Waals surface area contributed by atoms with Crippen molar-refractivity contribution < 1.29 is 8.81 Å². The van der Waals surface area contributed by atoms with Crippen LogP contribution in [0.2, 0.25) is 5.02 Å². The van der Waals surface area contributed by atoms with E-state index in [1.807, 2.05) is 36.4 Å². The highest BCUT2D eigenvalue weighted by molar-refractivity contribution is 6.30. The minimum atomic E-state index is -0.226. The molecule has 0 saturated carbocycles. The second-order valence-corrected chi connectivity index (χ2v) is 7.07. The molecule has 0 aliphatic rings. The molecule has 0 unspecified atom stereocenters. The molecule has 0 amide bonds. The summed E-state index contributed by atoms with van der Waals surface area (Å²) < 4.78 is 19.2. The van der Waals surface area contributed by atoms with Gasteiger partial charge >= 0.3 is 0 Å². The van der Waals surface area contributed by atoms with Crippen LogP contribution in [0.3, 0.4) is 0 Å². The topological polar surface area (TPSA) is 25.2 Å². The Kier molecular flexibility index (Phi) is 4.97. The lowest BCUT2D eigenvalue weighted by Gasteiger charge is -2.07. The van der Waals surface area contributed by atoms with E-state index in [9.17, 15) is 4.39 Å². The summed E-state index contributed by atoms with van der Waals surface area (Å²) >= 11 is 6.06. The molecule has 136 valence electrons. The number of fused-ring (bicyclic) bond motifs is 1. The summed E-state index contributed by atoms with van der Waals surface area (Å²) in [5, 5.41) is 5.19. The van der Waals surface area contributed by atoms with Gasteiger partial charge in [-0.25, -0.2) is 4.39 Å². The van der Waals surface area contributed by atoms with Crippen LogP contribution in [0.25, 0.3) is 22.1 Å². The summed E-state index contributed by atoms with van der Waals surface area (Å²) in [5.41, 5.74) is 5.23. The van der Waals surface area contributed by atoms with Crippen LogP contribution in [0.4, 0.5) is 4.39 Å². The molecule has 0 saturated heterocycles. The van der Waals surface area contributed by atoms with Gasteiger partial charge in [-0.3, -0.25) is 0 Å². The number of benzene rings is 3. The van der Waals surface area contributed by atoms with Crippen LogP contribution in [0, 0.1) is 12.7 Å². The fraction of sp³-hybridized carbons (Fsp3) is 0.130. The van der Waals surface area contributed by atoms with Crippen molar-refractivity contribution in [1.29, 1.82) is 0 Å². The lowest BCUT2D eigenvalue weighted by molar-refractivity contribution is 0.515. The van der Waals surface area contributed by atoms with Gasteiger partial charge < -0.3 is 9.73 Å². The smallest absolute Gasteiger partial charge is 0.135 e. The first-order chi connectivity index (χ1) is 13.1. The molecule has 4 rings (SSSR count). The van der Waals surface area contributed by atoms with Crippen molar-refractivity contribution in [1.82, 2.24) is 5.32 Å². The van der Waals surface area contributed by atoms with Crippen molar-refractivity contribution in [2.75, 3.05) is 0 Å². The molecule has 0 fully saturated rings. The first-order valence-electron chi connectivity index (χ1n) is 8.83. The highest BCUT2D eigenvalue weighted by atomic mass is 35.5. The van der Waals surface area contributed by atoms with Crippen LogP contribution in [-0.2, 0) is 13.1 Å². The molecule has 3 aromatic carbocycles. The van der Waals surface area contributed by atoms with E-state index in [1.165, 1.54) is 17.7 Å². The second-order valence-electron chi connectivity index (χ2n) is 6.64. The maximum Gasteiger partial charge on any atom is 0.135 e. The van der Waals surface area contributed by atoms with Crippen molar-refractivity contribution in [3.63, 3.8) is 0 Å². The molecule has 1 heterocycles. The van der Waals surface area contributed by atoms with Crippen LogP contribution in [0.5, 0.6) is 0 Å². The van der Waals surface area contributed by atoms with E-state index >= 15 is 0 Å². The van der Waals surface area contributed by atoms with E-state index in [0.29, 0.717) is 18.1 Å². The lowest BCUT2D eigenvalue weighted by atomic mass is 10.0. The third-order valence-corrected chi connectivity index (χ3v) is 4.83. The number of nitrogens with one attached hydrogen (secondary N) is 1. The quantitative estimate of drug-likeness (QED) is 0.428. The highest BCUT2D eigenvalue weighted by Crippen LogP contribution is 2.36. The first-order valence-corrected chi connectivity index (χ1v) is 9.21. The molecule has 0 radical (unpaired) electrons. The number of hydrogen-bond donors (Lipinski definition) is 1. The second kappa shape index (κ2) is 7.55. The third kappa shape index (κ3) is 3.90. The molecular formula is C23H19ClFNO. The number of aryl methyl sites for hydroxylation is 1. The van der Waals surface area contributed by atoms with Crippen molar-refractivity contribution in [3.05, 3.63) is 94.5 Å². The average molecular weight is 380 g/mol. The molecule has 0 aliphatic heterocycles. The molecule has 1 N–H and O–H groups in total. The monoisotopic (exact) mass is 379 g/mol. The van der Waals surface area contributed by atoms with Crippen LogP contribution in [0.1, 0.15) is 16.9 Å². The Balaban J connectivity index is 1.65. The Morgan fingerprint density at radius 2 is 1.67 bits per heavy atom. The maximum atomic E-state index is 13.0. The summed E-state index contributed by atoms with van der Waals surface area (Å²) in [7, 11) is 0. The van der Waals surface area contributed by atoms with Gasteiger partial charge in [0.1, 0.15) is 17.2 Å². The summed E-state index contributed by atoms with van der Waals surface area (Å²) in [6, 6.07) is 20.5. The number of rotatable bonds is 5. The molecule has 0 atom stereocenters. The van der Waals surface area contributed by atoms with E-state index in [2.05, 4.69) is 18.3 Å². The Bertz CT molecular complexity index is 1070.